The van der Waals surface area contributed by atoms with Gasteiger partial charge in [-0.3, -0.25) is 0 Å². The summed E-state index contributed by atoms with van der Waals surface area (Å²) >= 11 is 5.85. The highest BCUT2D eigenvalue weighted by atomic mass is 35.5. The molecule has 0 bridgehead atoms. The van der Waals surface area contributed by atoms with Gasteiger partial charge < -0.3 is 10.4 Å². The first-order valence-corrected chi connectivity index (χ1v) is 6.76. The number of nitrogens with one attached hydrogen (secondary N) is 1. The van der Waals surface area contributed by atoms with Crippen LogP contribution in [-0.4, -0.2) is 11.1 Å². The van der Waals surface area contributed by atoms with E-state index in [-0.39, 0.29) is 5.75 Å². The first kappa shape index (κ1) is 14.2. The number of aromatic hydroxyl groups is 1. The van der Waals surface area contributed by atoms with Gasteiger partial charge in [0.1, 0.15) is 5.75 Å². The molecule has 1 aromatic rings. The minimum Gasteiger partial charge on any atom is -0.506 e. The lowest BCUT2D eigenvalue weighted by Crippen LogP contribution is -2.14. The number of halogens is 1. The van der Waals surface area contributed by atoms with Gasteiger partial charge in [0.25, 0.3) is 0 Å². The van der Waals surface area contributed by atoms with Crippen LogP contribution in [0, 0.1) is 0 Å². The Bertz CT molecular complexity index is 341. The van der Waals surface area contributed by atoms with Crippen LogP contribution in [0.3, 0.4) is 0 Å². The van der Waals surface area contributed by atoms with Gasteiger partial charge in [0, 0.05) is 11.7 Å². The number of hydrogen-bond acceptors (Lipinski definition) is 2. The zero-order valence-corrected chi connectivity index (χ0v) is 11.4. The SMILES string of the molecule is CCCCCCC(C)Nc1ccc(O)c(Cl)c1. The van der Waals surface area contributed by atoms with E-state index in [4.69, 9.17) is 11.6 Å². The minimum atomic E-state index is 0.132. The molecule has 0 aliphatic rings. The predicted molar refractivity (Wildman–Crippen MR) is 75.0 cm³/mol. The molecule has 0 aliphatic carbocycles. The van der Waals surface area contributed by atoms with Gasteiger partial charge in [0.15, 0.2) is 0 Å². The van der Waals surface area contributed by atoms with Crippen molar-refractivity contribution in [3.05, 3.63) is 23.2 Å². The summed E-state index contributed by atoms with van der Waals surface area (Å²) in [5.74, 6) is 0.132. The van der Waals surface area contributed by atoms with Crippen molar-refractivity contribution in [2.45, 2.75) is 52.0 Å². The molecule has 17 heavy (non-hydrogen) atoms. The Morgan fingerprint density at radius 3 is 2.71 bits per heavy atom. The molecule has 0 heterocycles. The lowest BCUT2D eigenvalue weighted by molar-refractivity contribution is 0.475. The molecular weight excluding hydrogens is 234 g/mol. The van der Waals surface area contributed by atoms with Crippen LogP contribution in [0.4, 0.5) is 5.69 Å². The molecule has 1 aromatic carbocycles. The fourth-order valence-corrected chi connectivity index (χ4v) is 2.01. The molecular formula is C14H22ClNO. The lowest BCUT2D eigenvalue weighted by atomic mass is 10.1. The van der Waals surface area contributed by atoms with Crippen molar-refractivity contribution in [3.63, 3.8) is 0 Å². The molecule has 0 fully saturated rings. The topological polar surface area (TPSA) is 32.3 Å². The molecule has 0 aromatic heterocycles. The molecule has 0 aliphatic heterocycles. The second-order valence-electron chi connectivity index (χ2n) is 4.56. The summed E-state index contributed by atoms with van der Waals surface area (Å²) in [5, 5.41) is 13.1. The zero-order chi connectivity index (χ0) is 12.7. The molecule has 0 radical (unpaired) electrons. The first-order chi connectivity index (χ1) is 8.13. The molecule has 96 valence electrons. The molecule has 3 heteroatoms. The highest BCUT2D eigenvalue weighted by Crippen LogP contribution is 2.26. The molecule has 2 nitrogen and oxygen atoms in total. The van der Waals surface area contributed by atoms with Gasteiger partial charge in [0.05, 0.1) is 5.02 Å². The Balaban J connectivity index is 2.34. The monoisotopic (exact) mass is 255 g/mol. The second-order valence-corrected chi connectivity index (χ2v) is 4.97. The van der Waals surface area contributed by atoms with Crippen LogP contribution in [0.25, 0.3) is 0 Å². The number of phenolic OH excluding ortho intramolecular Hbond substituents is 1. The third-order valence-corrected chi connectivity index (χ3v) is 3.15. The van der Waals surface area contributed by atoms with E-state index in [2.05, 4.69) is 19.2 Å². The summed E-state index contributed by atoms with van der Waals surface area (Å²) in [5.41, 5.74) is 0.968. The predicted octanol–water partition coefficient (Wildman–Crippen LogP) is 4.82. The standard InChI is InChI=1S/C14H22ClNO/c1-3-4-5-6-7-11(2)16-12-8-9-14(17)13(15)10-12/h8-11,16-17H,3-7H2,1-2H3. The number of benzene rings is 1. The molecule has 2 N–H and O–H groups in total. The summed E-state index contributed by atoms with van der Waals surface area (Å²) in [7, 11) is 0. The van der Waals surface area contributed by atoms with Crippen LogP contribution in [0.15, 0.2) is 18.2 Å². The van der Waals surface area contributed by atoms with Gasteiger partial charge in [-0.05, 0) is 31.5 Å². The van der Waals surface area contributed by atoms with Gasteiger partial charge >= 0.3 is 0 Å². The van der Waals surface area contributed by atoms with Gasteiger partial charge in [-0.15, -0.1) is 0 Å². The Labute approximate surface area is 109 Å². The number of anilines is 1. The fourth-order valence-electron chi connectivity index (χ4n) is 1.83. The Morgan fingerprint density at radius 1 is 1.29 bits per heavy atom. The molecule has 0 amide bonds. The molecule has 0 spiro atoms. The van der Waals surface area contributed by atoms with E-state index >= 15 is 0 Å². The van der Waals surface area contributed by atoms with Crippen molar-refractivity contribution >= 4 is 17.3 Å². The summed E-state index contributed by atoms with van der Waals surface area (Å²) < 4.78 is 0. The van der Waals surface area contributed by atoms with Crippen LogP contribution < -0.4 is 5.32 Å². The smallest absolute Gasteiger partial charge is 0.134 e. The van der Waals surface area contributed by atoms with Crippen LogP contribution in [-0.2, 0) is 0 Å². The summed E-state index contributed by atoms with van der Waals surface area (Å²) in [6.07, 6.45) is 6.32. The number of phenols is 1. The molecule has 1 unspecified atom stereocenters. The maximum atomic E-state index is 9.32. The summed E-state index contributed by atoms with van der Waals surface area (Å²) in [6, 6.07) is 5.67. The van der Waals surface area contributed by atoms with Gasteiger partial charge in [-0.1, -0.05) is 44.2 Å². The maximum Gasteiger partial charge on any atom is 0.134 e. The lowest BCUT2D eigenvalue weighted by Gasteiger charge is -2.15. The second kappa shape index (κ2) is 7.44. The normalized spacial score (nSPS) is 12.4. The molecule has 1 atom stereocenters. The summed E-state index contributed by atoms with van der Waals surface area (Å²) in [6.45, 7) is 4.40. The van der Waals surface area contributed by atoms with Crippen LogP contribution in [0.5, 0.6) is 5.75 Å². The quantitative estimate of drug-likeness (QED) is 0.541. The van der Waals surface area contributed by atoms with E-state index in [1.54, 1.807) is 12.1 Å². The third kappa shape index (κ3) is 5.31. The molecule has 0 saturated carbocycles. The van der Waals surface area contributed by atoms with Crippen molar-refractivity contribution in [3.8, 4) is 5.75 Å². The Kier molecular flexibility index (Phi) is 6.20. The van der Waals surface area contributed by atoms with E-state index < -0.39 is 0 Å². The van der Waals surface area contributed by atoms with E-state index in [1.807, 2.05) is 6.07 Å². The Morgan fingerprint density at radius 2 is 2.06 bits per heavy atom. The van der Waals surface area contributed by atoms with E-state index in [1.165, 1.54) is 32.1 Å². The average molecular weight is 256 g/mol. The third-order valence-electron chi connectivity index (χ3n) is 2.85. The highest BCUT2D eigenvalue weighted by Gasteiger charge is 2.04. The first-order valence-electron chi connectivity index (χ1n) is 6.38. The highest BCUT2D eigenvalue weighted by molar-refractivity contribution is 6.32. The van der Waals surface area contributed by atoms with Gasteiger partial charge in [-0.2, -0.15) is 0 Å². The summed E-state index contributed by atoms with van der Waals surface area (Å²) in [4.78, 5) is 0. The Hall–Kier alpha value is -0.890. The zero-order valence-electron chi connectivity index (χ0n) is 10.7. The van der Waals surface area contributed by atoms with E-state index in [0.29, 0.717) is 11.1 Å². The minimum absolute atomic E-state index is 0.132. The van der Waals surface area contributed by atoms with Crippen LogP contribution in [0.1, 0.15) is 46.0 Å². The molecule has 0 saturated heterocycles. The van der Waals surface area contributed by atoms with Gasteiger partial charge in [0.2, 0.25) is 0 Å². The van der Waals surface area contributed by atoms with Crippen LogP contribution >= 0.6 is 11.6 Å². The largest absolute Gasteiger partial charge is 0.506 e. The van der Waals surface area contributed by atoms with Crippen molar-refractivity contribution in [2.24, 2.45) is 0 Å². The van der Waals surface area contributed by atoms with Crippen molar-refractivity contribution < 1.29 is 5.11 Å². The fraction of sp³-hybridized carbons (Fsp3) is 0.571. The average Bonchev–Trinajstić information content (AvgIpc) is 2.30. The van der Waals surface area contributed by atoms with E-state index in [9.17, 15) is 5.11 Å². The van der Waals surface area contributed by atoms with Crippen molar-refractivity contribution in [1.82, 2.24) is 0 Å². The van der Waals surface area contributed by atoms with E-state index in [0.717, 1.165) is 5.69 Å². The number of rotatable bonds is 7. The van der Waals surface area contributed by atoms with Gasteiger partial charge in [-0.25, -0.2) is 0 Å². The van der Waals surface area contributed by atoms with Crippen molar-refractivity contribution in [2.75, 3.05) is 5.32 Å². The number of hydrogen-bond donors (Lipinski definition) is 2. The molecule has 1 rings (SSSR count). The van der Waals surface area contributed by atoms with Crippen molar-refractivity contribution in [1.29, 1.82) is 0 Å². The number of unbranched alkanes of at least 4 members (excludes halogenated alkanes) is 3. The maximum absolute atomic E-state index is 9.32. The van der Waals surface area contributed by atoms with Crippen LogP contribution in [0.2, 0.25) is 5.02 Å².